The number of nitrogen functional groups attached to an aromatic ring is 1. The third-order valence-corrected chi connectivity index (χ3v) is 3.42. The van der Waals surface area contributed by atoms with Crippen LogP contribution in [0.4, 0.5) is 23.5 Å². The van der Waals surface area contributed by atoms with E-state index in [-0.39, 0.29) is 16.8 Å². The molecule has 2 rings (SSSR count). The van der Waals surface area contributed by atoms with Crippen LogP contribution in [-0.2, 0) is 10.1 Å². The van der Waals surface area contributed by atoms with E-state index in [4.69, 9.17) is 10.3 Å². The van der Waals surface area contributed by atoms with Crippen LogP contribution in [0.3, 0.4) is 0 Å². The highest BCUT2D eigenvalue weighted by atomic mass is 32.2. The first kappa shape index (κ1) is 15.9. The molecule has 118 valence electrons. The molecule has 0 bridgehead atoms. The molecule has 0 atom stereocenters. The molecule has 2 aromatic rings. The summed E-state index contributed by atoms with van der Waals surface area (Å²) < 4.78 is 31.3. The van der Waals surface area contributed by atoms with Gasteiger partial charge in [0.2, 0.25) is 17.8 Å². The van der Waals surface area contributed by atoms with Crippen molar-refractivity contribution in [2.75, 3.05) is 22.9 Å². The molecule has 0 fully saturated rings. The first-order chi connectivity index (χ1) is 10.4. The number of hydrogen-bond acceptors (Lipinski definition) is 8. The van der Waals surface area contributed by atoms with Crippen molar-refractivity contribution in [2.45, 2.75) is 18.2 Å². The first-order valence-electron chi connectivity index (χ1n) is 6.48. The Morgan fingerprint density at radius 2 is 1.95 bits per heavy atom. The zero-order chi connectivity index (χ0) is 16.2. The van der Waals surface area contributed by atoms with Gasteiger partial charge in [-0.05, 0) is 24.6 Å². The number of nitrogens with one attached hydrogen (secondary N) is 2. The van der Waals surface area contributed by atoms with Crippen molar-refractivity contribution in [3.05, 3.63) is 24.3 Å². The second kappa shape index (κ2) is 6.54. The minimum absolute atomic E-state index is 0.0297. The number of anilines is 4. The molecule has 5 N–H and O–H groups in total. The molecule has 10 heteroatoms. The van der Waals surface area contributed by atoms with E-state index in [9.17, 15) is 8.42 Å². The number of nitrogens with zero attached hydrogens (tertiary/aromatic N) is 3. The summed E-state index contributed by atoms with van der Waals surface area (Å²) >= 11 is 0. The number of hydrogen-bond donors (Lipinski definition) is 4. The number of aromatic nitrogens is 3. The predicted octanol–water partition coefficient (Wildman–Crippen LogP) is 1.27. The fraction of sp³-hybridized carbons (Fsp3) is 0.250. The van der Waals surface area contributed by atoms with Crippen molar-refractivity contribution in [3.63, 3.8) is 0 Å². The highest BCUT2D eigenvalue weighted by Crippen LogP contribution is 2.18. The number of benzene rings is 1. The maximum absolute atomic E-state index is 11.1. The van der Waals surface area contributed by atoms with Crippen LogP contribution >= 0.6 is 0 Å². The summed E-state index contributed by atoms with van der Waals surface area (Å²) in [5.74, 6) is 0.517. The van der Waals surface area contributed by atoms with Gasteiger partial charge in [0.15, 0.2) is 0 Å². The first-order valence-corrected chi connectivity index (χ1v) is 7.92. The van der Waals surface area contributed by atoms with Crippen LogP contribution in [0.2, 0.25) is 0 Å². The van der Waals surface area contributed by atoms with Crippen LogP contribution in [-0.4, -0.2) is 34.5 Å². The Morgan fingerprint density at radius 3 is 2.64 bits per heavy atom. The van der Waals surface area contributed by atoms with Crippen molar-refractivity contribution in [1.29, 1.82) is 0 Å². The molecule has 0 aliphatic rings. The third-order valence-electron chi connectivity index (χ3n) is 2.57. The van der Waals surface area contributed by atoms with E-state index < -0.39 is 10.1 Å². The minimum atomic E-state index is -4.28. The number of rotatable bonds is 6. The van der Waals surface area contributed by atoms with Crippen molar-refractivity contribution >= 4 is 33.7 Å². The average molecular weight is 324 g/mol. The highest BCUT2D eigenvalue weighted by Gasteiger charge is 2.10. The van der Waals surface area contributed by atoms with Gasteiger partial charge in [-0.3, -0.25) is 4.55 Å². The van der Waals surface area contributed by atoms with Gasteiger partial charge >= 0.3 is 0 Å². The van der Waals surface area contributed by atoms with Crippen molar-refractivity contribution in [3.8, 4) is 0 Å². The Labute approximate surface area is 127 Å². The highest BCUT2D eigenvalue weighted by molar-refractivity contribution is 7.85. The molecule has 0 amide bonds. The van der Waals surface area contributed by atoms with Gasteiger partial charge in [-0.2, -0.15) is 23.4 Å². The standard InChI is InChI=1S/C12H16N6O3S/c1-2-6-14-11-16-10(13)17-12(18-11)15-8-4-3-5-9(7-8)22(19,20)21/h3-5,7H,2,6H2,1H3,(H,19,20,21)(H4,13,14,15,16,17,18). The Balaban J connectivity index is 2.25. The van der Waals surface area contributed by atoms with Gasteiger partial charge < -0.3 is 16.4 Å². The van der Waals surface area contributed by atoms with Crippen molar-refractivity contribution in [2.24, 2.45) is 0 Å². The lowest BCUT2D eigenvalue weighted by Crippen LogP contribution is -2.10. The van der Waals surface area contributed by atoms with Crippen molar-refractivity contribution in [1.82, 2.24) is 15.0 Å². The van der Waals surface area contributed by atoms with E-state index in [0.717, 1.165) is 6.42 Å². The van der Waals surface area contributed by atoms with Gasteiger partial charge in [-0.1, -0.05) is 13.0 Å². The summed E-state index contributed by atoms with van der Waals surface area (Å²) in [6.07, 6.45) is 0.894. The Kier molecular flexibility index (Phi) is 4.73. The van der Waals surface area contributed by atoms with Crippen LogP contribution < -0.4 is 16.4 Å². The molecule has 0 saturated carbocycles. The summed E-state index contributed by atoms with van der Waals surface area (Å²) in [5, 5.41) is 5.80. The summed E-state index contributed by atoms with van der Waals surface area (Å²) in [4.78, 5) is 11.7. The normalized spacial score (nSPS) is 11.2. The summed E-state index contributed by atoms with van der Waals surface area (Å²) in [7, 11) is -4.28. The molecular weight excluding hydrogens is 308 g/mol. The lowest BCUT2D eigenvalue weighted by molar-refractivity contribution is 0.483. The van der Waals surface area contributed by atoms with Crippen LogP contribution in [0.1, 0.15) is 13.3 Å². The number of nitrogens with two attached hydrogens (primary N) is 1. The zero-order valence-corrected chi connectivity index (χ0v) is 12.6. The van der Waals surface area contributed by atoms with Crippen LogP contribution in [0.5, 0.6) is 0 Å². The monoisotopic (exact) mass is 324 g/mol. The summed E-state index contributed by atoms with van der Waals surface area (Å²) in [6, 6.07) is 5.62. The van der Waals surface area contributed by atoms with Crippen LogP contribution in [0.15, 0.2) is 29.2 Å². The SMILES string of the molecule is CCCNc1nc(N)nc(Nc2cccc(S(=O)(=O)O)c2)n1. The molecule has 0 unspecified atom stereocenters. The molecule has 0 aliphatic carbocycles. The predicted molar refractivity (Wildman–Crippen MR) is 82.6 cm³/mol. The second-order valence-corrected chi connectivity index (χ2v) is 5.82. The van der Waals surface area contributed by atoms with E-state index in [1.807, 2.05) is 6.92 Å². The molecule has 22 heavy (non-hydrogen) atoms. The molecule has 9 nitrogen and oxygen atoms in total. The minimum Gasteiger partial charge on any atom is -0.368 e. The molecular formula is C12H16N6O3S. The molecule has 0 aliphatic heterocycles. The van der Waals surface area contributed by atoms with E-state index in [1.54, 1.807) is 6.07 Å². The second-order valence-electron chi connectivity index (χ2n) is 4.40. The average Bonchev–Trinajstić information content (AvgIpc) is 2.44. The van der Waals surface area contributed by atoms with Crippen LogP contribution in [0.25, 0.3) is 0 Å². The van der Waals surface area contributed by atoms with Gasteiger partial charge in [0.25, 0.3) is 10.1 Å². The molecule has 0 radical (unpaired) electrons. The lowest BCUT2D eigenvalue weighted by Gasteiger charge is -2.08. The Bertz CT molecular complexity index is 765. The van der Waals surface area contributed by atoms with Crippen molar-refractivity contribution < 1.29 is 13.0 Å². The van der Waals surface area contributed by atoms with E-state index in [1.165, 1.54) is 18.2 Å². The fourth-order valence-electron chi connectivity index (χ4n) is 1.63. The largest absolute Gasteiger partial charge is 0.368 e. The fourth-order valence-corrected chi connectivity index (χ4v) is 2.15. The Morgan fingerprint density at radius 1 is 1.23 bits per heavy atom. The van der Waals surface area contributed by atoms with E-state index in [2.05, 4.69) is 25.6 Å². The smallest absolute Gasteiger partial charge is 0.294 e. The zero-order valence-electron chi connectivity index (χ0n) is 11.8. The summed E-state index contributed by atoms with van der Waals surface area (Å²) in [5.41, 5.74) is 6.00. The molecule has 1 aromatic carbocycles. The quantitative estimate of drug-likeness (QED) is 0.577. The lowest BCUT2D eigenvalue weighted by atomic mass is 10.3. The van der Waals surface area contributed by atoms with E-state index in [0.29, 0.717) is 18.2 Å². The van der Waals surface area contributed by atoms with Gasteiger partial charge in [0.05, 0.1) is 4.90 Å². The molecule has 0 spiro atoms. The third kappa shape index (κ3) is 4.27. The van der Waals surface area contributed by atoms with Gasteiger partial charge in [0.1, 0.15) is 0 Å². The summed E-state index contributed by atoms with van der Waals surface area (Å²) in [6.45, 7) is 2.68. The van der Waals surface area contributed by atoms with Gasteiger partial charge in [-0.15, -0.1) is 0 Å². The van der Waals surface area contributed by atoms with Crippen LogP contribution in [0, 0.1) is 0 Å². The molecule has 1 aromatic heterocycles. The van der Waals surface area contributed by atoms with Gasteiger partial charge in [-0.25, -0.2) is 0 Å². The topological polar surface area (TPSA) is 143 Å². The Hall–Kier alpha value is -2.46. The molecule has 0 saturated heterocycles. The van der Waals surface area contributed by atoms with Gasteiger partial charge in [0, 0.05) is 12.2 Å². The van der Waals surface area contributed by atoms with E-state index >= 15 is 0 Å². The maximum Gasteiger partial charge on any atom is 0.294 e. The maximum atomic E-state index is 11.1. The molecule has 1 heterocycles.